The zero-order chi connectivity index (χ0) is 12.5. The molecule has 17 heavy (non-hydrogen) atoms. The van der Waals surface area contributed by atoms with E-state index < -0.39 is 11.5 Å². The zero-order valence-electron chi connectivity index (χ0n) is 9.72. The molecule has 6 heteroatoms. The SMILES string of the molecule is NC1(C(=O)N(CCC(=O)O)C2CC2)CCOC1. The highest BCUT2D eigenvalue weighted by atomic mass is 16.5. The van der Waals surface area contributed by atoms with Crippen LogP contribution < -0.4 is 5.73 Å². The summed E-state index contributed by atoms with van der Waals surface area (Å²) in [6, 6.07) is 0.183. The number of nitrogens with two attached hydrogens (primary N) is 1. The van der Waals surface area contributed by atoms with Crippen LogP contribution in [0.4, 0.5) is 0 Å². The first-order valence-electron chi connectivity index (χ1n) is 5.92. The van der Waals surface area contributed by atoms with Gasteiger partial charge in [0.1, 0.15) is 5.54 Å². The van der Waals surface area contributed by atoms with E-state index in [2.05, 4.69) is 0 Å². The highest BCUT2D eigenvalue weighted by molar-refractivity contribution is 5.87. The Morgan fingerprint density at radius 3 is 2.65 bits per heavy atom. The third-order valence-corrected chi connectivity index (χ3v) is 3.29. The molecule has 1 saturated carbocycles. The van der Waals surface area contributed by atoms with Crippen LogP contribution in [0.3, 0.4) is 0 Å². The molecule has 1 aliphatic heterocycles. The van der Waals surface area contributed by atoms with Crippen molar-refractivity contribution in [2.45, 2.75) is 37.3 Å². The van der Waals surface area contributed by atoms with E-state index in [9.17, 15) is 9.59 Å². The maximum absolute atomic E-state index is 12.3. The molecule has 1 amide bonds. The van der Waals surface area contributed by atoms with Crippen molar-refractivity contribution in [3.05, 3.63) is 0 Å². The van der Waals surface area contributed by atoms with Crippen molar-refractivity contribution >= 4 is 11.9 Å². The van der Waals surface area contributed by atoms with Crippen LogP contribution in [0.15, 0.2) is 0 Å². The first-order valence-corrected chi connectivity index (χ1v) is 5.92. The van der Waals surface area contributed by atoms with E-state index in [1.54, 1.807) is 4.90 Å². The first kappa shape index (κ1) is 12.3. The summed E-state index contributed by atoms with van der Waals surface area (Å²) < 4.78 is 5.17. The van der Waals surface area contributed by atoms with Crippen molar-refractivity contribution in [2.24, 2.45) is 5.73 Å². The van der Waals surface area contributed by atoms with E-state index in [1.807, 2.05) is 0 Å². The molecule has 0 spiro atoms. The van der Waals surface area contributed by atoms with Crippen molar-refractivity contribution in [3.8, 4) is 0 Å². The van der Waals surface area contributed by atoms with Crippen molar-refractivity contribution in [3.63, 3.8) is 0 Å². The van der Waals surface area contributed by atoms with E-state index in [-0.39, 0.29) is 31.5 Å². The van der Waals surface area contributed by atoms with Gasteiger partial charge >= 0.3 is 5.97 Å². The summed E-state index contributed by atoms with van der Waals surface area (Å²) in [6.45, 7) is 0.986. The second-order valence-corrected chi connectivity index (χ2v) is 4.83. The van der Waals surface area contributed by atoms with E-state index in [0.717, 1.165) is 12.8 Å². The molecule has 0 radical (unpaired) electrons. The number of carbonyl (C=O) groups excluding carboxylic acids is 1. The first-order chi connectivity index (χ1) is 8.03. The van der Waals surface area contributed by atoms with E-state index in [0.29, 0.717) is 13.0 Å². The molecular weight excluding hydrogens is 224 g/mol. The lowest BCUT2D eigenvalue weighted by Crippen LogP contribution is -2.56. The lowest BCUT2D eigenvalue weighted by Gasteiger charge is -2.30. The summed E-state index contributed by atoms with van der Waals surface area (Å²) in [7, 11) is 0. The van der Waals surface area contributed by atoms with Crippen molar-refractivity contribution < 1.29 is 19.4 Å². The van der Waals surface area contributed by atoms with Gasteiger partial charge in [-0.15, -0.1) is 0 Å². The van der Waals surface area contributed by atoms with Gasteiger partial charge in [0.25, 0.3) is 0 Å². The minimum atomic E-state index is -0.943. The van der Waals surface area contributed by atoms with Crippen LogP contribution >= 0.6 is 0 Å². The Morgan fingerprint density at radius 2 is 2.18 bits per heavy atom. The fraction of sp³-hybridized carbons (Fsp3) is 0.818. The van der Waals surface area contributed by atoms with Crippen LogP contribution in [-0.2, 0) is 14.3 Å². The number of nitrogens with zero attached hydrogens (tertiary/aromatic N) is 1. The Kier molecular flexibility index (Phi) is 3.35. The summed E-state index contributed by atoms with van der Waals surface area (Å²) in [6.07, 6.45) is 2.38. The Hall–Kier alpha value is -1.14. The van der Waals surface area contributed by atoms with Gasteiger partial charge < -0.3 is 20.5 Å². The lowest BCUT2D eigenvalue weighted by molar-refractivity contribution is -0.140. The summed E-state index contributed by atoms with van der Waals surface area (Å²) in [4.78, 5) is 24.5. The Bertz CT molecular complexity index is 321. The Balaban J connectivity index is 1.99. The second-order valence-electron chi connectivity index (χ2n) is 4.83. The molecule has 2 rings (SSSR count). The monoisotopic (exact) mass is 242 g/mol. The summed E-state index contributed by atoms with van der Waals surface area (Å²) >= 11 is 0. The highest BCUT2D eigenvalue weighted by Crippen LogP contribution is 2.30. The quantitative estimate of drug-likeness (QED) is 0.682. The maximum atomic E-state index is 12.3. The minimum Gasteiger partial charge on any atom is -0.481 e. The number of amides is 1. The number of rotatable bonds is 5. The summed E-state index contributed by atoms with van der Waals surface area (Å²) in [5.74, 6) is -1.05. The molecule has 0 aromatic rings. The molecule has 3 N–H and O–H groups in total. The molecule has 2 fully saturated rings. The largest absolute Gasteiger partial charge is 0.481 e. The fourth-order valence-electron chi connectivity index (χ4n) is 2.09. The number of hydrogen-bond donors (Lipinski definition) is 2. The number of aliphatic carboxylic acids is 1. The molecular formula is C11H18N2O4. The summed E-state index contributed by atoms with van der Waals surface area (Å²) in [5.41, 5.74) is 5.07. The van der Waals surface area contributed by atoms with Gasteiger partial charge in [-0.25, -0.2) is 0 Å². The van der Waals surface area contributed by atoms with Gasteiger partial charge in [-0.2, -0.15) is 0 Å². The normalized spacial score (nSPS) is 28.1. The lowest BCUT2D eigenvalue weighted by atomic mass is 9.98. The van der Waals surface area contributed by atoms with Crippen molar-refractivity contribution in [1.82, 2.24) is 4.90 Å². The van der Waals surface area contributed by atoms with Gasteiger partial charge in [0, 0.05) is 19.2 Å². The van der Waals surface area contributed by atoms with Gasteiger partial charge in [-0.3, -0.25) is 9.59 Å². The second kappa shape index (κ2) is 4.62. The fourth-order valence-corrected chi connectivity index (χ4v) is 2.09. The highest BCUT2D eigenvalue weighted by Gasteiger charge is 2.45. The average Bonchev–Trinajstić information content (AvgIpc) is 3.01. The van der Waals surface area contributed by atoms with Gasteiger partial charge in [0.05, 0.1) is 13.0 Å². The zero-order valence-corrected chi connectivity index (χ0v) is 9.72. The van der Waals surface area contributed by atoms with Crippen LogP contribution in [0.25, 0.3) is 0 Å². The standard InChI is InChI=1S/C11H18N2O4/c12-11(4-6-17-7-11)10(16)13(8-1-2-8)5-3-9(14)15/h8H,1-7,12H2,(H,14,15). The third kappa shape index (κ3) is 2.76. The molecule has 6 nitrogen and oxygen atoms in total. The molecule has 1 atom stereocenters. The Labute approximate surface area is 99.7 Å². The molecule has 1 heterocycles. The topological polar surface area (TPSA) is 92.9 Å². The van der Waals surface area contributed by atoms with Crippen LogP contribution in [0.1, 0.15) is 25.7 Å². The van der Waals surface area contributed by atoms with Gasteiger partial charge in [-0.05, 0) is 19.3 Å². The molecule has 0 bridgehead atoms. The molecule has 1 aliphatic carbocycles. The average molecular weight is 242 g/mol. The van der Waals surface area contributed by atoms with Crippen LogP contribution in [0.5, 0.6) is 0 Å². The minimum absolute atomic E-state index is 0.0286. The molecule has 96 valence electrons. The molecule has 0 aromatic heterocycles. The van der Waals surface area contributed by atoms with Crippen LogP contribution in [-0.4, -0.2) is 53.2 Å². The van der Waals surface area contributed by atoms with E-state index in [1.165, 1.54) is 0 Å². The maximum Gasteiger partial charge on any atom is 0.305 e. The molecule has 2 aliphatic rings. The van der Waals surface area contributed by atoms with Crippen molar-refractivity contribution in [1.29, 1.82) is 0 Å². The predicted molar refractivity (Wildman–Crippen MR) is 59.3 cm³/mol. The number of carboxylic acids is 1. The number of ether oxygens (including phenoxy) is 1. The van der Waals surface area contributed by atoms with Crippen LogP contribution in [0, 0.1) is 0 Å². The molecule has 1 unspecified atom stereocenters. The Morgan fingerprint density at radius 1 is 1.47 bits per heavy atom. The van der Waals surface area contributed by atoms with Crippen molar-refractivity contribution in [2.75, 3.05) is 19.8 Å². The predicted octanol–water partition coefficient (Wildman–Crippen LogP) is -0.430. The summed E-state index contributed by atoms with van der Waals surface area (Å²) in [5, 5.41) is 8.68. The van der Waals surface area contributed by atoms with E-state index in [4.69, 9.17) is 15.6 Å². The molecule has 1 saturated heterocycles. The van der Waals surface area contributed by atoms with Gasteiger partial charge in [-0.1, -0.05) is 0 Å². The number of carbonyl (C=O) groups is 2. The van der Waals surface area contributed by atoms with Gasteiger partial charge in [0.2, 0.25) is 5.91 Å². The number of hydrogen-bond acceptors (Lipinski definition) is 4. The van der Waals surface area contributed by atoms with Crippen LogP contribution in [0.2, 0.25) is 0 Å². The van der Waals surface area contributed by atoms with Gasteiger partial charge in [0.15, 0.2) is 0 Å². The molecule has 0 aromatic carbocycles. The number of carboxylic acid groups (broad SMARTS) is 1. The van der Waals surface area contributed by atoms with E-state index >= 15 is 0 Å². The smallest absolute Gasteiger partial charge is 0.305 e. The third-order valence-electron chi connectivity index (χ3n) is 3.29.